The van der Waals surface area contributed by atoms with Crippen LogP contribution in [0.4, 0.5) is 5.69 Å². The summed E-state index contributed by atoms with van der Waals surface area (Å²) in [5.41, 5.74) is 3.13. The monoisotopic (exact) mass is 285 g/mol. The molecule has 2 aliphatic carbocycles. The highest BCUT2D eigenvalue weighted by Gasteiger charge is 2.41. The number of ketones is 1. The smallest absolute Gasteiger partial charge is 0.227 e. The number of amides is 1. The van der Waals surface area contributed by atoms with Crippen molar-refractivity contribution in [3.63, 3.8) is 0 Å². The number of anilines is 1. The lowest BCUT2D eigenvalue weighted by molar-refractivity contribution is -0.136. The third-order valence-corrected chi connectivity index (χ3v) is 5.07. The molecule has 1 amide bonds. The Morgan fingerprint density at radius 1 is 1.14 bits per heavy atom. The Morgan fingerprint density at radius 2 is 1.81 bits per heavy atom. The lowest BCUT2D eigenvalue weighted by atomic mass is 9.67. The standard InChI is InChI=1S/C18H23NO2/c1-11-6-7-12(2)16(8-11)19-18(21)15-9-13-4-3-5-14(10-15)17(13)20/h6-8,13-15H,3-5,9-10H2,1-2H3,(H,19,21)/t13-,14+,15?. The predicted molar refractivity (Wildman–Crippen MR) is 83.1 cm³/mol. The van der Waals surface area contributed by atoms with Crippen molar-refractivity contribution in [3.8, 4) is 0 Å². The normalized spacial score (nSPS) is 28.3. The van der Waals surface area contributed by atoms with Gasteiger partial charge in [-0.3, -0.25) is 9.59 Å². The second kappa shape index (κ2) is 5.63. The summed E-state index contributed by atoms with van der Waals surface area (Å²) in [7, 11) is 0. The highest BCUT2D eigenvalue weighted by Crippen LogP contribution is 2.40. The summed E-state index contributed by atoms with van der Waals surface area (Å²) >= 11 is 0. The SMILES string of the molecule is Cc1ccc(C)c(NC(=O)C2C[C@H]3CCC[C@@H](C2)C3=O)c1. The minimum Gasteiger partial charge on any atom is -0.326 e. The van der Waals surface area contributed by atoms with Gasteiger partial charge in [0.25, 0.3) is 0 Å². The molecule has 1 N–H and O–H groups in total. The molecule has 0 radical (unpaired) electrons. The van der Waals surface area contributed by atoms with Crippen LogP contribution in [0.1, 0.15) is 43.2 Å². The summed E-state index contributed by atoms with van der Waals surface area (Å²) in [6.45, 7) is 4.03. The summed E-state index contributed by atoms with van der Waals surface area (Å²) < 4.78 is 0. The molecule has 0 aromatic heterocycles. The molecule has 2 aliphatic rings. The van der Waals surface area contributed by atoms with E-state index in [0.717, 1.165) is 48.9 Å². The highest BCUT2D eigenvalue weighted by atomic mass is 16.2. The minimum atomic E-state index is -0.00193. The van der Waals surface area contributed by atoms with Crippen LogP contribution < -0.4 is 5.32 Å². The van der Waals surface area contributed by atoms with Crippen LogP contribution in [0.5, 0.6) is 0 Å². The van der Waals surface area contributed by atoms with E-state index in [-0.39, 0.29) is 23.7 Å². The van der Waals surface area contributed by atoms with Crippen molar-refractivity contribution in [2.75, 3.05) is 5.32 Å². The molecule has 1 aromatic carbocycles. The van der Waals surface area contributed by atoms with Gasteiger partial charge >= 0.3 is 0 Å². The number of hydrogen-bond donors (Lipinski definition) is 1. The van der Waals surface area contributed by atoms with Crippen molar-refractivity contribution < 1.29 is 9.59 Å². The topological polar surface area (TPSA) is 46.2 Å². The van der Waals surface area contributed by atoms with Crippen LogP contribution in [0.2, 0.25) is 0 Å². The summed E-state index contributed by atoms with van der Waals surface area (Å²) in [6.07, 6.45) is 4.58. The lowest BCUT2D eigenvalue weighted by Crippen LogP contribution is -2.40. The van der Waals surface area contributed by atoms with Crippen molar-refractivity contribution in [2.24, 2.45) is 17.8 Å². The van der Waals surface area contributed by atoms with E-state index in [2.05, 4.69) is 11.4 Å². The maximum Gasteiger partial charge on any atom is 0.227 e. The molecule has 1 aromatic rings. The summed E-state index contributed by atoms with van der Waals surface area (Å²) in [5.74, 6) is 0.766. The van der Waals surface area contributed by atoms with E-state index >= 15 is 0 Å². The zero-order valence-corrected chi connectivity index (χ0v) is 12.8. The number of benzene rings is 1. The fourth-order valence-electron chi connectivity index (χ4n) is 3.80. The van der Waals surface area contributed by atoms with Gasteiger partial charge in [0, 0.05) is 23.4 Å². The average Bonchev–Trinajstić information content (AvgIpc) is 2.42. The second-order valence-electron chi connectivity index (χ2n) is 6.70. The van der Waals surface area contributed by atoms with Crippen molar-refractivity contribution in [1.82, 2.24) is 0 Å². The van der Waals surface area contributed by atoms with Crippen molar-refractivity contribution in [3.05, 3.63) is 29.3 Å². The number of carbonyl (C=O) groups excluding carboxylic acids is 2. The van der Waals surface area contributed by atoms with Crippen LogP contribution in [0, 0.1) is 31.6 Å². The quantitative estimate of drug-likeness (QED) is 0.901. The van der Waals surface area contributed by atoms with Crippen molar-refractivity contribution in [1.29, 1.82) is 0 Å². The van der Waals surface area contributed by atoms with E-state index in [9.17, 15) is 9.59 Å². The maximum atomic E-state index is 12.5. The Hall–Kier alpha value is -1.64. The summed E-state index contributed by atoms with van der Waals surface area (Å²) in [6, 6.07) is 6.10. The van der Waals surface area contributed by atoms with Gasteiger partial charge in [-0.25, -0.2) is 0 Å². The van der Waals surface area contributed by atoms with E-state index in [1.165, 1.54) is 0 Å². The highest BCUT2D eigenvalue weighted by molar-refractivity contribution is 5.95. The Bertz CT molecular complexity index is 563. The van der Waals surface area contributed by atoms with Gasteiger partial charge in [0.15, 0.2) is 0 Å². The van der Waals surface area contributed by atoms with Crippen LogP contribution in [0.25, 0.3) is 0 Å². The van der Waals surface area contributed by atoms with Crippen LogP contribution >= 0.6 is 0 Å². The summed E-state index contributed by atoms with van der Waals surface area (Å²) in [4.78, 5) is 24.6. The number of nitrogens with one attached hydrogen (secondary N) is 1. The van der Waals surface area contributed by atoms with Crippen LogP contribution in [-0.4, -0.2) is 11.7 Å². The minimum absolute atomic E-state index is 0.00193. The van der Waals surface area contributed by atoms with E-state index in [1.54, 1.807) is 0 Å². The van der Waals surface area contributed by atoms with Gasteiger partial charge < -0.3 is 5.32 Å². The first-order valence-electron chi connectivity index (χ1n) is 7.96. The molecule has 2 fully saturated rings. The van der Waals surface area contributed by atoms with Crippen molar-refractivity contribution >= 4 is 17.4 Å². The molecule has 0 aliphatic heterocycles. The fourth-order valence-corrected chi connectivity index (χ4v) is 3.80. The molecule has 3 heteroatoms. The summed E-state index contributed by atoms with van der Waals surface area (Å²) in [5, 5.41) is 3.07. The largest absolute Gasteiger partial charge is 0.326 e. The Kier molecular flexibility index (Phi) is 3.83. The van der Waals surface area contributed by atoms with Crippen LogP contribution in [0.3, 0.4) is 0 Å². The second-order valence-corrected chi connectivity index (χ2v) is 6.70. The molecule has 112 valence electrons. The third-order valence-electron chi connectivity index (χ3n) is 5.07. The molecule has 0 heterocycles. The molecular formula is C18H23NO2. The predicted octanol–water partition coefficient (Wildman–Crippen LogP) is 3.64. The number of rotatable bonds is 2. The first kappa shape index (κ1) is 14.3. The number of fused-ring (bicyclic) bond motifs is 2. The first-order chi connectivity index (χ1) is 10.0. The Labute approximate surface area is 126 Å². The number of Topliss-reactive ketones (excluding diaryl/α,β-unsaturated/α-hetero) is 1. The van der Waals surface area contributed by atoms with E-state index < -0.39 is 0 Å². The van der Waals surface area contributed by atoms with E-state index in [0.29, 0.717) is 5.78 Å². The third kappa shape index (κ3) is 2.87. The number of hydrogen-bond acceptors (Lipinski definition) is 2. The lowest BCUT2D eigenvalue weighted by Gasteiger charge is -2.37. The van der Waals surface area contributed by atoms with Crippen LogP contribution in [0.15, 0.2) is 18.2 Å². The number of aryl methyl sites for hydroxylation is 2. The van der Waals surface area contributed by atoms with Gasteiger partial charge in [-0.05, 0) is 56.7 Å². The van der Waals surface area contributed by atoms with Gasteiger partial charge in [0.05, 0.1) is 0 Å². The zero-order chi connectivity index (χ0) is 15.0. The molecule has 3 nitrogen and oxygen atoms in total. The first-order valence-corrected chi connectivity index (χ1v) is 7.96. The van der Waals surface area contributed by atoms with Gasteiger partial charge in [-0.1, -0.05) is 18.6 Å². The molecule has 3 atom stereocenters. The van der Waals surface area contributed by atoms with E-state index in [1.807, 2.05) is 26.0 Å². The molecule has 2 bridgehead atoms. The average molecular weight is 285 g/mol. The zero-order valence-electron chi connectivity index (χ0n) is 12.8. The Balaban J connectivity index is 1.71. The molecule has 21 heavy (non-hydrogen) atoms. The molecular weight excluding hydrogens is 262 g/mol. The van der Waals surface area contributed by atoms with Crippen LogP contribution in [-0.2, 0) is 9.59 Å². The van der Waals surface area contributed by atoms with E-state index in [4.69, 9.17) is 0 Å². The molecule has 0 spiro atoms. The van der Waals surface area contributed by atoms with Gasteiger partial charge in [0.1, 0.15) is 5.78 Å². The maximum absolute atomic E-state index is 12.5. The fraction of sp³-hybridized carbons (Fsp3) is 0.556. The molecule has 1 unspecified atom stereocenters. The van der Waals surface area contributed by atoms with Gasteiger partial charge in [-0.15, -0.1) is 0 Å². The molecule has 0 saturated heterocycles. The molecule has 3 rings (SSSR count). The number of carbonyl (C=O) groups is 2. The molecule has 2 saturated carbocycles. The van der Waals surface area contributed by atoms with Crippen molar-refractivity contribution in [2.45, 2.75) is 46.0 Å². The Morgan fingerprint density at radius 3 is 2.48 bits per heavy atom. The van der Waals surface area contributed by atoms with Gasteiger partial charge in [-0.2, -0.15) is 0 Å². The van der Waals surface area contributed by atoms with Gasteiger partial charge in [0.2, 0.25) is 5.91 Å².